The van der Waals surface area contributed by atoms with Crippen molar-refractivity contribution in [1.82, 2.24) is 9.55 Å². The Morgan fingerprint density at radius 1 is 0.525 bits per heavy atom. The molecule has 0 saturated heterocycles. The standard InChI is InChI=1S/C56H49N3/c1-3-5-11-37-17-25-43(26-18-37)58-53-15-9-7-13-45(53)49-35-41(23-31-55(49)58)39-21-29-51-47(33-39)48-34-40(22-30-52(48)57-51)42-24-32-56-50(36-42)46-14-8-10-16-54(46)59(56)44-27-19-38(20-28-44)12-6-4-2/h7-10,13-36,49,55,57H,3-6,11-12H2,1-2H3. The first-order chi connectivity index (χ1) is 29.1. The van der Waals surface area contributed by atoms with Gasteiger partial charge in [0.05, 0.1) is 17.1 Å². The molecule has 7 aromatic carbocycles. The SMILES string of the molecule is CCCCc1ccc(N2c3ccccc3C3C=C(c4ccc5[nH]c6ccc(-c7ccc8c(c7)c7ccccc7n8-c7ccc(CCCC)cc7)cc6c5c4)C=CC32)cc1. The molecule has 3 nitrogen and oxygen atoms in total. The largest absolute Gasteiger partial charge is 0.355 e. The van der Waals surface area contributed by atoms with Crippen molar-refractivity contribution in [2.24, 2.45) is 0 Å². The molecule has 288 valence electrons. The fourth-order valence-electron chi connectivity index (χ4n) is 9.93. The minimum absolute atomic E-state index is 0.250. The highest BCUT2D eigenvalue weighted by Gasteiger charge is 2.38. The maximum absolute atomic E-state index is 3.72. The van der Waals surface area contributed by atoms with Crippen LogP contribution in [0.2, 0.25) is 0 Å². The second-order valence-corrected chi connectivity index (χ2v) is 16.7. The number of nitrogens with zero attached hydrogens (tertiary/aromatic N) is 2. The normalized spacial score (nSPS) is 16.0. The number of hydrogen-bond donors (Lipinski definition) is 1. The van der Waals surface area contributed by atoms with Gasteiger partial charge in [-0.3, -0.25) is 0 Å². The van der Waals surface area contributed by atoms with E-state index in [9.17, 15) is 0 Å². The lowest BCUT2D eigenvalue weighted by atomic mass is 9.86. The van der Waals surface area contributed by atoms with Gasteiger partial charge in [-0.1, -0.05) is 124 Å². The molecule has 0 saturated carbocycles. The Bertz CT molecular complexity index is 3080. The summed E-state index contributed by atoms with van der Waals surface area (Å²) in [6, 6.07) is 57.4. The summed E-state index contributed by atoms with van der Waals surface area (Å²) in [5.41, 5.74) is 17.8. The van der Waals surface area contributed by atoms with Gasteiger partial charge in [0.15, 0.2) is 0 Å². The van der Waals surface area contributed by atoms with Gasteiger partial charge < -0.3 is 14.5 Å². The van der Waals surface area contributed by atoms with E-state index in [1.807, 2.05) is 0 Å². The summed E-state index contributed by atoms with van der Waals surface area (Å²) >= 11 is 0. The van der Waals surface area contributed by atoms with Gasteiger partial charge in [-0.15, -0.1) is 0 Å². The summed E-state index contributed by atoms with van der Waals surface area (Å²) in [6.07, 6.45) is 14.5. The number of hydrogen-bond acceptors (Lipinski definition) is 1. The van der Waals surface area contributed by atoms with Crippen molar-refractivity contribution in [3.8, 4) is 16.8 Å². The molecule has 1 N–H and O–H groups in total. The fraction of sp³-hybridized carbons (Fsp3) is 0.179. The van der Waals surface area contributed by atoms with Crippen LogP contribution < -0.4 is 4.90 Å². The van der Waals surface area contributed by atoms with E-state index in [2.05, 4.69) is 198 Å². The maximum atomic E-state index is 3.72. The molecule has 3 heteroatoms. The average Bonchev–Trinajstić information content (AvgIpc) is 3.94. The molecule has 2 atom stereocenters. The molecule has 59 heavy (non-hydrogen) atoms. The van der Waals surface area contributed by atoms with Crippen LogP contribution in [0.4, 0.5) is 11.4 Å². The third kappa shape index (κ3) is 6.11. The zero-order chi connectivity index (χ0) is 39.5. The number of allylic oxidation sites excluding steroid dienone is 2. The van der Waals surface area contributed by atoms with Crippen LogP contribution in [-0.2, 0) is 12.8 Å². The summed E-state index contributed by atoms with van der Waals surface area (Å²) in [7, 11) is 0. The molecule has 2 aliphatic rings. The van der Waals surface area contributed by atoms with Gasteiger partial charge in [0.2, 0.25) is 0 Å². The fourth-order valence-corrected chi connectivity index (χ4v) is 9.93. The number of H-pyrrole nitrogens is 1. The van der Waals surface area contributed by atoms with Crippen molar-refractivity contribution in [3.63, 3.8) is 0 Å². The Balaban J connectivity index is 0.936. The average molecular weight is 764 g/mol. The van der Waals surface area contributed by atoms with E-state index in [0.29, 0.717) is 0 Å². The second kappa shape index (κ2) is 14.7. The number of para-hydroxylation sites is 2. The zero-order valence-corrected chi connectivity index (χ0v) is 34.0. The van der Waals surface area contributed by atoms with Gasteiger partial charge >= 0.3 is 0 Å². The van der Waals surface area contributed by atoms with Crippen molar-refractivity contribution in [2.75, 3.05) is 4.90 Å². The number of fused-ring (bicyclic) bond motifs is 9. The summed E-state index contributed by atoms with van der Waals surface area (Å²) in [5, 5.41) is 5.07. The van der Waals surface area contributed by atoms with Crippen molar-refractivity contribution < 1.29 is 0 Å². The smallest absolute Gasteiger partial charge is 0.0630 e. The van der Waals surface area contributed by atoms with E-state index >= 15 is 0 Å². The summed E-state index contributed by atoms with van der Waals surface area (Å²) in [6.45, 7) is 4.52. The van der Waals surface area contributed by atoms with Crippen LogP contribution in [0.25, 0.3) is 66.0 Å². The van der Waals surface area contributed by atoms with Crippen molar-refractivity contribution in [3.05, 3.63) is 192 Å². The molecular formula is C56H49N3. The number of anilines is 2. The van der Waals surface area contributed by atoms with Crippen LogP contribution in [0.1, 0.15) is 67.7 Å². The molecule has 9 aromatic rings. The summed E-state index contributed by atoms with van der Waals surface area (Å²) in [5.74, 6) is 0.280. The number of nitrogens with one attached hydrogen (secondary N) is 1. The predicted octanol–water partition coefficient (Wildman–Crippen LogP) is 15.0. The van der Waals surface area contributed by atoms with Gasteiger partial charge in [-0.05, 0) is 137 Å². The van der Waals surface area contributed by atoms with Crippen LogP contribution >= 0.6 is 0 Å². The molecule has 1 aliphatic heterocycles. The Morgan fingerprint density at radius 3 is 1.85 bits per heavy atom. The molecule has 3 heterocycles. The number of rotatable bonds is 10. The quantitative estimate of drug-likeness (QED) is 0.147. The van der Waals surface area contributed by atoms with E-state index in [-0.39, 0.29) is 12.0 Å². The topological polar surface area (TPSA) is 24.0 Å². The minimum atomic E-state index is 0.250. The number of aromatic nitrogens is 2. The molecule has 1 aliphatic carbocycles. The van der Waals surface area contributed by atoms with E-state index < -0.39 is 0 Å². The number of benzene rings is 7. The lowest BCUT2D eigenvalue weighted by Gasteiger charge is -2.30. The Labute approximate surface area is 346 Å². The highest BCUT2D eigenvalue weighted by atomic mass is 15.2. The summed E-state index contributed by atoms with van der Waals surface area (Å²) in [4.78, 5) is 6.26. The molecule has 0 bridgehead atoms. The van der Waals surface area contributed by atoms with E-state index in [1.165, 1.54) is 114 Å². The third-order valence-electron chi connectivity index (χ3n) is 13.0. The Kier molecular flexibility index (Phi) is 8.84. The first-order valence-corrected chi connectivity index (χ1v) is 21.7. The van der Waals surface area contributed by atoms with Crippen LogP contribution in [0.5, 0.6) is 0 Å². The minimum Gasteiger partial charge on any atom is -0.355 e. The van der Waals surface area contributed by atoms with Gasteiger partial charge in [-0.25, -0.2) is 0 Å². The predicted molar refractivity (Wildman–Crippen MR) is 251 cm³/mol. The molecule has 2 unspecified atom stereocenters. The molecule has 0 amide bonds. The van der Waals surface area contributed by atoms with E-state index in [4.69, 9.17) is 0 Å². The second-order valence-electron chi connectivity index (χ2n) is 16.7. The lowest BCUT2D eigenvalue weighted by molar-refractivity contribution is 0.746. The van der Waals surface area contributed by atoms with Crippen LogP contribution in [0, 0.1) is 0 Å². The van der Waals surface area contributed by atoms with Crippen molar-refractivity contribution in [2.45, 2.75) is 64.3 Å². The monoisotopic (exact) mass is 763 g/mol. The molecule has 11 rings (SSSR count). The van der Waals surface area contributed by atoms with E-state index in [0.717, 1.165) is 23.9 Å². The van der Waals surface area contributed by atoms with Crippen LogP contribution in [-0.4, -0.2) is 15.6 Å². The molecule has 0 spiro atoms. The Hall–Kier alpha value is -6.58. The number of aryl methyl sites for hydroxylation is 2. The molecular weight excluding hydrogens is 715 g/mol. The van der Waals surface area contributed by atoms with Crippen LogP contribution in [0.3, 0.4) is 0 Å². The third-order valence-corrected chi connectivity index (χ3v) is 13.0. The number of aromatic amines is 1. The first kappa shape index (κ1) is 35.6. The van der Waals surface area contributed by atoms with Crippen molar-refractivity contribution >= 4 is 60.6 Å². The van der Waals surface area contributed by atoms with Gasteiger partial charge in [0.1, 0.15) is 0 Å². The zero-order valence-electron chi connectivity index (χ0n) is 34.0. The summed E-state index contributed by atoms with van der Waals surface area (Å²) < 4.78 is 2.42. The van der Waals surface area contributed by atoms with Gasteiger partial charge in [0, 0.05) is 55.6 Å². The Morgan fingerprint density at radius 2 is 1.12 bits per heavy atom. The highest BCUT2D eigenvalue weighted by molar-refractivity contribution is 6.12. The number of unbranched alkanes of at least 4 members (excludes halogenated alkanes) is 2. The molecule has 2 aromatic heterocycles. The molecule has 0 radical (unpaired) electrons. The molecule has 0 fully saturated rings. The van der Waals surface area contributed by atoms with E-state index in [1.54, 1.807) is 0 Å². The first-order valence-electron chi connectivity index (χ1n) is 21.7. The van der Waals surface area contributed by atoms with Gasteiger partial charge in [0.25, 0.3) is 0 Å². The van der Waals surface area contributed by atoms with Gasteiger partial charge in [-0.2, -0.15) is 0 Å². The maximum Gasteiger partial charge on any atom is 0.0630 e. The van der Waals surface area contributed by atoms with Crippen LogP contribution in [0.15, 0.2) is 170 Å². The highest BCUT2D eigenvalue weighted by Crippen LogP contribution is 2.49. The lowest BCUT2D eigenvalue weighted by Crippen LogP contribution is -2.28. The van der Waals surface area contributed by atoms with Crippen molar-refractivity contribution in [1.29, 1.82) is 0 Å².